The lowest BCUT2D eigenvalue weighted by molar-refractivity contribution is 0.446. The molecular formula is C65H50. The van der Waals surface area contributed by atoms with Crippen molar-refractivity contribution in [3.63, 3.8) is 0 Å². The largest absolute Gasteiger partial charge is 0.0622 e. The molecule has 0 saturated heterocycles. The Balaban J connectivity index is 0.996. The first-order valence-corrected chi connectivity index (χ1v) is 23.1. The van der Waals surface area contributed by atoms with Gasteiger partial charge in [-0.15, -0.1) is 0 Å². The third-order valence-electron chi connectivity index (χ3n) is 13.8. The van der Waals surface area contributed by atoms with Crippen LogP contribution in [0.15, 0.2) is 255 Å². The predicted molar refractivity (Wildman–Crippen MR) is 275 cm³/mol. The van der Waals surface area contributed by atoms with Crippen LogP contribution in [0, 0.1) is 0 Å². The maximum absolute atomic E-state index is 2.54. The first-order chi connectivity index (χ1) is 32.2. The van der Waals surface area contributed by atoms with Crippen LogP contribution >= 0.6 is 0 Å². The van der Waals surface area contributed by atoms with E-state index in [1.165, 1.54) is 100 Å². The summed E-state index contributed by atoms with van der Waals surface area (Å²) in [5, 5.41) is 0. The highest BCUT2D eigenvalue weighted by molar-refractivity contribution is 5.87. The number of benzene rings is 10. The maximum Gasteiger partial charge on any atom is 0.0222 e. The van der Waals surface area contributed by atoms with Crippen LogP contribution in [0.2, 0.25) is 0 Å². The van der Waals surface area contributed by atoms with Crippen molar-refractivity contribution in [1.29, 1.82) is 0 Å². The Morgan fingerprint density at radius 3 is 0.846 bits per heavy atom. The van der Waals surface area contributed by atoms with Gasteiger partial charge in [-0.05, 0) is 150 Å². The molecule has 11 rings (SSSR count). The summed E-state index contributed by atoms with van der Waals surface area (Å²) < 4.78 is 0. The zero-order valence-corrected chi connectivity index (χ0v) is 36.6. The van der Waals surface area contributed by atoms with Gasteiger partial charge in [0.2, 0.25) is 0 Å². The molecule has 65 heavy (non-hydrogen) atoms. The number of rotatable bonds is 12. The zero-order valence-electron chi connectivity index (χ0n) is 36.6. The molecule has 0 spiro atoms. The lowest BCUT2D eigenvalue weighted by Crippen LogP contribution is -2.27. The monoisotopic (exact) mass is 830 g/mol. The molecule has 0 aliphatic heterocycles. The van der Waals surface area contributed by atoms with E-state index in [0.717, 1.165) is 25.7 Å². The van der Waals surface area contributed by atoms with Crippen LogP contribution in [0.25, 0.3) is 77.9 Å². The van der Waals surface area contributed by atoms with Gasteiger partial charge in [0.25, 0.3) is 0 Å². The maximum atomic E-state index is 2.54. The van der Waals surface area contributed by atoms with Crippen LogP contribution in [0.1, 0.15) is 35.1 Å². The molecule has 1 aliphatic carbocycles. The summed E-state index contributed by atoms with van der Waals surface area (Å²) in [4.78, 5) is 0. The van der Waals surface area contributed by atoms with E-state index in [2.05, 4.69) is 255 Å². The molecule has 310 valence electrons. The fourth-order valence-corrected chi connectivity index (χ4v) is 10.3. The van der Waals surface area contributed by atoms with E-state index < -0.39 is 0 Å². The number of fused-ring (bicyclic) bond motifs is 3. The van der Waals surface area contributed by atoms with Crippen molar-refractivity contribution in [1.82, 2.24) is 0 Å². The van der Waals surface area contributed by atoms with Gasteiger partial charge < -0.3 is 0 Å². The van der Waals surface area contributed by atoms with E-state index in [-0.39, 0.29) is 5.41 Å². The van der Waals surface area contributed by atoms with Crippen molar-refractivity contribution in [2.75, 3.05) is 0 Å². The molecule has 1 aliphatic rings. The van der Waals surface area contributed by atoms with Crippen LogP contribution in [-0.2, 0) is 18.3 Å². The average molecular weight is 831 g/mol. The molecular weight excluding hydrogens is 781 g/mol. The first-order valence-electron chi connectivity index (χ1n) is 23.1. The molecule has 0 fully saturated rings. The van der Waals surface area contributed by atoms with Gasteiger partial charge >= 0.3 is 0 Å². The zero-order chi connectivity index (χ0) is 43.4. The lowest BCUT2D eigenvalue weighted by Gasteiger charge is -2.33. The molecule has 0 radical (unpaired) electrons. The van der Waals surface area contributed by atoms with E-state index in [1.807, 2.05) is 0 Å². The van der Waals surface area contributed by atoms with Gasteiger partial charge in [0.05, 0.1) is 0 Å². The van der Waals surface area contributed by atoms with Gasteiger partial charge in [-0.25, -0.2) is 0 Å². The first kappa shape index (κ1) is 40.0. The molecule has 0 bridgehead atoms. The molecule has 0 aromatic heterocycles. The van der Waals surface area contributed by atoms with E-state index in [9.17, 15) is 0 Å². The minimum absolute atomic E-state index is 0.210. The Kier molecular flexibility index (Phi) is 10.9. The normalized spacial score (nSPS) is 12.4. The summed E-state index contributed by atoms with van der Waals surface area (Å²) in [6.07, 6.45) is 4.01. The van der Waals surface area contributed by atoms with Gasteiger partial charge in [-0.3, -0.25) is 0 Å². The fourth-order valence-electron chi connectivity index (χ4n) is 10.3. The Labute approximate surface area is 384 Å². The minimum Gasteiger partial charge on any atom is -0.0622 e. The Morgan fingerprint density at radius 2 is 0.477 bits per heavy atom. The molecule has 0 nitrogen and oxygen atoms in total. The summed E-state index contributed by atoms with van der Waals surface area (Å²) in [6, 6.07) is 94.3. The third kappa shape index (κ3) is 8.16. The van der Waals surface area contributed by atoms with Crippen molar-refractivity contribution in [3.8, 4) is 77.9 Å². The van der Waals surface area contributed by atoms with Crippen molar-refractivity contribution in [2.45, 2.75) is 31.1 Å². The van der Waals surface area contributed by atoms with Crippen LogP contribution in [-0.4, -0.2) is 0 Å². The summed E-state index contributed by atoms with van der Waals surface area (Å²) in [5.74, 6) is 0. The van der Waals surface area contributed by atoms with Crippen LogP contribution in [0.3, 0.4) is 0 Å². The predicted octanol–water partition coefficient (Wildman–Crippen LogP) is 17.2. The summed E-state index contributed by atoms with van der Waals surface area (Å²) in [5.41, 5.74) is 23.0. The fraction of sp³-hybridized carbons (Fsp3) is 0.0769. The van der Waals surface area contributed by atoms with Gasteiger partial charge in [-0.2, -0.15) is 0 Å². The molecule has 0 unspecified atom stereocenters. The highest BCUT2D eigenvalue weighted by Crippen LogP contribution is 2.55. The van der Waals surface area contributed by atoms with E-state index in [1.54, 1.807) is 0 Å². The second kappa shape index (κ2) is 17.8. The average Bonchev–Trinajstić information content (AvgIpc) is 3.66. The van der Waals surface area contributed by atoms with Crippen LogP contribution < -0.4 is 0 Å². The molecule has 0 atom stereocenters. The van der Waals surface area contributed by atoms with E-state index in [4.69, 9.17) is 0 Å². The van der Waals surface area contributed by atoms with Crippen molar-refractivity contribution in [2.24, 2.45) is 0 Å². The Hall–Kier alpha value is -7.80. The lowest BCUT2D eigenvalue weighted by atomic mass is 9.69. The van der Waals surface area contributed by atoms with E-state index >= 15 is 0 Å². The molecule has 0 saturated carbocycles. The van der Waals surface area contributed by atoms with Gasteiger partial charge in [0.15, 0.2) is 0 Å². The Bertz CT molecular complexity index is 2980. The van der Waals surface area contributed by atoms with Crippen LogP contribution in [0.5, 0.6) is 0 Å². The highest BCUT2D eigenvalue weighted by atomic mass is 14.5. The SMILES string of the molecule is c1ccc(CCC2(CCc3ccccc3)c3cc(-c4cccc(-c5ccc(-c6ccccc6)cc5)c4)ccc3-c3ccc(-c4cccc(-c5ccc(-c6ccccc6)cc5)c4)cc32)cc1. The van der Waals surface area contributed by atoms with Crippen molar-refractivity contribution >= 4 is 0 Å². The van der Waals surface area contributed by atoms with Crippen molar-refractivity contribution < 1.29 is 0 Å². The molecule has 10 aromatic carbocycles. The Morgan fingerprint density at radius 1 is 0.215 bits per heavy atom. The summed E-state index contributed by atoms with van der Waals surface area (Å²) in [6.45, 7) is 0. The van der Waals surface area contributed by atoms with Crippen LogP contribution in [0.4, 0.5) is 0 Å². The number of hydrogen-bond donors (Lipinski definition) is 0. The molecule has 0 amide bonds. The number of hydrogen-bond acceptors (Lipinski definition) is 0. The topological polar surface area (TPSA) is 0 Å². The quantitative estimate of drug-likeness (QED) is 0.115. The molecule has 0 heteroatoms. The molecule has 0 heterocycles. The minimum atomic E-state index is -0.210. The molecule has 10 aromatic rings. The molecule has 0 N–H and O–H groups in total. The standard InChI is InChI=1S/C65H50/c1-5-15-47(16-6-1)39-41-65(42-40-48-17-7-2-8-18-48)63-45-59(57-25-13-23-55(43-57)53-31-27-51(28-32-53)49-19-9-3-10-20-49)35-37-61(63)62-38-36-60(46-64(62)65)58-26-14-24-56(44-58)54-33-29-52(30-34-54)50-21-11-4-12-22-50/h1-38,43-46H,39-42H2. The van der Waals surface area contributed by atoms with Gasteiger partial charge in [0.1, 0.15) is 0 Å². The second-order valence-corrected chi connectivity index (χ2v) is 17.6. The number of aryl methyl sites for hydroxylation is 2. The summed E-state index contributed by atoms with van der Waals surface area (Å²) >= 11 is 0. The van der Waals surface area contributed by atoms with Gasteiger partial charge in [0, 0.05) is 5.41 Å². The second-order valence-electron chi connectivity index (χ2n) is 17.6. The third-order valence-corrected chi connectivity index (χ3v) is 13.8. The highest BCUT2D eigenvalue weighted by Gasteiger charge is 2.43. The smallest absolute Gasteiger partial charge is 0.0222 e. The van der Waals surface area contributed by atoms with E-state index in [0.29, 0.717) is 0 Å². The summed E-state index contributed by atoms with van der Waals surface area (Å²) in [7, 11) is 0. The van der Waals surface area contributed by atoms with Crippen molar-refractivity contribution in [3.05, 3.63) is 277 Å². The van der Waals surface area contributed by atoms with Gasteiger partial charge in [-0.1, -0.05) is 231 Å².